The molecule has 1 aromatic carbocycles. The van der Waals surface area contributed by atoms with Crippen molar-refractivity contribution < 1.29 is 14.3 Å². The lowest BCUT2D eigenvalue weighted by molar-refractivity contribution is -0.131. The third-order valence-corrected chi connectivity index (χ3v) is 5.34. The van der Waals surface area contributed by atoms with Gasteiger partial charge in [0, 0.05) is 24.7 Å². The monoisotopic (exact) mass is 415 g/mol. The van der Waals surface area contributed by atoms with Crippen molar-refractivity contribution in [2.24, 2.45) is 5.73 Å². The number of rotatable bonds is 8. The molecule has 6 nitrogen and oxygen atoms in total. The Hall–Kier alpha value is -1.44. The van der Waals surface area contributed by atoms with Crippen LogP contribution >= 0.6 is 24.2 Å². The molecule has 1 aliphatic rings. The second kappa shape index (κ2) is 12.1. The number of thioether (sulfide) groups is 1. The van der Waals surface area contributed by atoms with Crippen LogP contribution in [0.2, 0.25) is 0 Å². The van der Waals surface area contributed by atoms with E-state index < -0.39 is 6.04 Å². The number of nitrogens with one attached hydrogen (secondary N) is 1. The molecule has 2 rings (SSSR count). The number of amides is 2. The van der Waals surface area contributed by atoms with E-state index in [1.165, 1.54) is 0 Å². The standard InChI is InChI=1S/C19H29N3O3S.ClH/c1-25-17-6-4-3-5-14(17)13-18(23)22-10-7-15(8-11-22)21-19(24)16(20)9-12-26-2;/h3-6,15-16H,7-13,20H2,1-2H3,(H,21,24);1H/t16-;/m0./s1. The molecule has 0 aromatic heterocycles. The van der Waals surface area contributed by atoms with E-state index >= 15 is 0 Å². The van der Waals surface area contributed by atoms with Gasteiger partial charge in [-0.1, -0.05) is 18.2 Å². The van der Waals surface area contributed by atoms with Gasteiger partial charge in [-0.25, -0.2) is 0 Å². The van der Waals surface area contributed by atoms with Gasteiger partial charge in [0.2, 0.25) is 11.8 Å². The fourth-order valence-electron chi connectivity index (χ4n) is 3.08. The first-order valence-electron chi connectivity index (χ1n) is 8.99. The molecule has 1 aliphatic heterocycles. The van der Waals surface area contributed by atoms with Crippen molar-refractivity contribution in [3.63, 3.8) is 0 Å². The minimum Gasteiger partial charge on any atom is -0.496 e. The van der Waals surface area contributed by atoms with E-state index in [0.717, 1.165) is 29.9 Å². The molecule has 1 heterocycles. The molecular formula is C19H30ClN3O3S. The highest BCUT2D eigenvalue weighted by Gasteiger charge is 2.25. The number of hydrogen-bond acceptors (Lipinski definition) is 5. The maximum atomic E-state index is 12.6. The van der Waals surface area contributed by atoms with Crippen molar-refractivity contribution in [1.82, 2.24) is 10.2 Å². The molecule has 1 atom stereocenters. The summed E-state index contributed by atoms with van der Waals surface area (Å²) in [5.74, 6) is 1.63. The van der Waals surface area contributed by atoms with Crippen LogP contribution in [0.1, 0.15) is 24.8 Å². The maximum Gasteiger partial charge on any atom is 0.237 e. The van der Waals surface area contributed by atoms with Gasteiger partial charge in [-0.3, -0.25) is 9.59 Å². The van der Waals surface area contributed by atoms with Crippen LogP contribution in [0, 0.1) is 0 Å². The first kappa shape index (κ1) is 23.6. The summed E-state index contributed by atoms with van der Waals surface area (Å²) in [6, 6.07) is 7.23. The van der Waals surface area contributed by atoms with Crippen LogP contribution < -0.4 is 15.8 Å². The van der Waals surface area contributed by atoms with E-state index in [1.807, 2.05) is 35.4 Å². The molecule has 0 spiro atoms. The third kappa shape index (κ3) is 7.24. The van der Waals surface area contributed by atoms with Gasteiger partial charge in [0.25, 0.3) is 0 Å². The van der Waals surface area contributed by atoms with Crippen molar-refractivity contribution in [2.45, 2.75) is 37.8 Å². The fraction of sp³-hybridized carbons (Fsp3) is 0.579. The molecule has 3 N–H and O–H groups in total. The largest absolute Gasteiger partial charge is 0.496 e. The number of ether oxygens (including phenoxy) is 1. The van der Waals surface area contributed by atoms with E-state index in [-0.39, 0.29) is 30.3 Å². The SMILES string of the molecule is COc1ccccc1CC(=O)N1CCC(NC(=O)[C@@H](N)CCSC)CC1.Cl. The maximum absolute atomic E-state index is 12.6. The van der Waals surface area contributed by atoms with Crippen molar-refractivity contribution in [1.29, 1.82) is 0 Å². The smallest absolute Gasteiger partial charge is 0.237 e. The Morgan fingerprint density at radius 1 is 1.33 bits per heavy atom. The molecule has 0 unspecified atom stereocenters. The van der Waals surface area contributed by atoms with E-state index in [0.29, 0.717) is 25.9 Å². The van der Waals surface area contributed by atoms with Crippen LogP contribution in [0.25, 0.3) is 0 Å². The van der Waals surface area contributed by atoms with Crippen LogP contribution in [0.15, 0.2) is 24.3 Å². The van der Waals surface area contributed by atoms with Gasteiger partial charge >= 0.3 is 0 Å². The van der Waals surface area contributed by atoms with Gasteiger partial charge in [-0.05, 0) is 37.3 Å². The van der Waals surface area contributed by atoms with Crippen molar-refractivity contribution >= 4 is 36.0 Å². The average molecular weight is 416 g/mol. The first-order chi connectivity index (χ1) is 12.5. The Labute approximate surface area is 172 Å². The third-order valence-electron chi connectivity index (χ3n) is 4.70. The number of hydrogen-bond donors (Lipinski definition) is 2. The number of piperidine rings is 1. The lowest BCUT2D eigenvalue weighted by Crippen LogP contribution is -2.50. The molecule has 152 valence electrons. The summed E-state index contributed by atoms with van der Waals surface area (Å²) in [7, 11) is 1.61. The number of benzene rings is 1. The summed E-state index contributed by atoms with van der Waals surface area (Å²) >= 11 is 1.69. The van der Waals surface area contributed by atoms with Gasteiger partial charge in [0.1, 0.15) is 5.75 Å². The molecule has 0 bridgehead atoms. The van der Waals surface area contributed by atoms with E-state index in [4.69, 9.17) is 10.5 Å². The molecule has 2 amide bonds. The minimum absolute atomic E-state index is 0. The number of nitrogens with two attached hydrogens (primary N) is 1. The summed E-state index contributed by atoms with van der Waals surface area (Å²) in [5, 5.41) is 3.02. The van der Waals surface area contributed by atoms with Gasteiger partial charge in [-0.15, -0.1) is 12.4 Å². The Kier molecular flexibility index (Phi) is 10.6. The first-order valence-corrected chi connectivity index (χ1v) is 10.4. The predicted octanol–water partition coefficient (Wildman–Crippen LogP) is 1.85. The van der Waals surface area contributed by atoms with Gasteiger partial charge < -0.3 is 20.7 Å². The second-order valence-electron chi connectivity index (χ2n) is 6.54. The Morgan fingerprint density at radius 2 is 2.00 bits per heavy atom. The highest BCUT2D eigenvalue weighted by molar-refractivity contribution is 7.98. The number of likely N-dealkylation sites (tertiary alicyclic amines) is 1. The zero-order valence-electron chi connectivity index (χ0n) is 16.0. The van der Waals surface area contributed by atoms with Crippen molar-refractivity contribution in [2.75, 3.05) is 32.2 Å². The number of para-hydroxylation sites is 1. The second-order valence-corrected chi connectivity index (χ2v) is 7.53. The van der Waals surface area contributed by atoms with Gasteiger partial charge in [-0.2, -0.15) is 11.8 Å². The minimum atomic E-state index is -0.451. The van der Waals surface area contributed by atoms with Gasteiger partial charge in [0.15, 0.2) is 0 Å². The topological polar surface area (TPSA) is 84.7 Å². The molecule has 1 aromatic rings. The highest BCUT2D eigenvalue weighted by Crippen LogP contribution is 2.20. The lowest BCUT2D eigenvalue weighted by atomic mass is 10.0. The quantitative estimate of drug-likeness (QED) is 0.676. The van der Waals surface area contributed by atoms with E-state index in [2.05, 4.69) is 5.32 Å². The van der Waals surface area contributed by atoms with Crippen LogP contribution in [-0.4, -0.2) is 61.0 Å². The fourth-order valence-corrected chi connectivity index (χ4v) is 3.57. The Bertz CT molecular complexity index is 610. The normalized spacial score (nSPS) is 15.6. The Balaban J connectivity index is 0.00000364. The highest BCUT2D eigenvalue weighted by atomic mass is 35.5. The van der Waals surface area contributed by atoms with Crippen LogP contribution in [-0.2, 0) is 16.0 Å². The molecular weight excluding hydrogens is 386 g/mol. The molecule has 0 aliphatic carbocycles. The zero-order chi connectivity index (χ0) is 18.9. The molecule has 1 saturated heterocycles. The number of nitrogens with zero attached hydrogens (tertiary/aromatic N) is 1. The van der Waals surface area contributed by atoms with Gasteiger partial charge in [0.05, 0.1) is 19.6 Å². The average Bonchev–Trinajstić information content (AvgIpc) is 2.66. The summed E-state index contributed by atoms with van der Waals surface area (Å²) in [6.07, 6.45) is 4.55. The summed E-state index contributed by atoms with van der Waals surface area (Å²) in [4.78, 5) is 26.5. The zero-order valence-corrected chi connectivity index (χ0v) is 17.6. The number of carbonyl (C=O) groups is 2. The Morgan fingerprint density at radius 3 is 2.63 bits per heavy atom. The summed E-state index contributed by atoms with van der Waals surface area (Å²) in [6.45, 7) is 1.30. The molecule has 1 fully saturated rings. The number of methoxy groups -OCH3 is 1. The lowest BCUT2D eigenvalue weighted by Gasteiger charge is -2.33. The van der Waals surface area contributed by atoms with Crippen LogP contribution in [0.5, 0.6) is 5.75 Å². The molecule has 8 heteroatoms. The summed E-state index contributed by atoms with van der Waals surface area (Å²) in [5.41, 5.74) is 6.81. The van der Waals surface area contributed by atoms with Crippen molar-refractivity contribution in [3.8, 4) is 5.75 Å². The van der Waals surface area contributed by atoms with E-state index in [9.17, 15) is 9.59 Å². The predicted molar refractivity (Wildman–Crippen MR) is 113 cm³/mol. The van der Waals surface area contributed by atoms with Crippen LogP contribution in [0.3, 0.4) is 0 Å². The van der Waals surface area contributed by atoms with Crippen molar-refractivity contribution in [3.05, 3.63) is 29.8 Å². The molecule has 27 heavy (non-hydrogen) atoms. The van der Waals surface area contributed by atoms with E-state index in [1.54, 1.807) is 18.9 Å². The number of carbonyl (C=O) groups excluding carboxylic acids is 2. The van der Waals surface area contributed by atoms with Crippen LogP contribution in [0.4, 0.5) is 0 Å². The molecule has 0 radical (unpaired) electrons. The summed E-state index contributed by atoms with van der Waals surface area (Å²) < 4.78 is 5.31. The molecule has 0 saturated carbocycles. The number of halogens is 1.